The van der Waals surface area contributed by atoms with Gasteiger partial charge in [-0.05, 0) is 36.6 Å². The van der Waals surface area contributed by atoms with Gasteiger partial charge >= 0.3 is 0 Å². The number of benzene rings is 1. The molecular weight excluding hydrogens is 265 g/mol. The quantitative estimate of drug-likeness (QED) is 0.894. The zero-order valence-electron chi connectivity index (χ0n) is 8.03. The number of halogens is 2. The summed E-state index contributed by atoms with van der Waals surface area (Å²) in [7, 11) is 0. The largest absolute Gasteiger partial charge is 0.508 e. The first kappa shape index (κ1) is 13.8. The van der Waals surface area contributed by atoms with Crippen LogP contribution in [0.2, 0.25) is 0 Å². The maximum absolute atomic E-state index is 9.26. The third-order valence-corrected chi connectivity index (χ3v) is 2.81. The van der Waals surface area contributed by atoms with Crippen LogP contribution < -0.4 is 5.73 Å². The standard InChI is InChI=1S/C10H14BrNO.ClH/c1-2-8(12)5-7-6-9(13)3-4-10(7)11;/h3-4,6,8,13H,2,5,12H2,1H3;1H. The van der Waals surface area contributed by atoms with Crippen LogP contribution in [-0.4, -0.2) is 11.1 Å². The second-order valence-electron chi connectivity index (χ2n) is 3.15. The maximum atomic E-state index is 9.26. The van der Waals surface area contributed by atoms with E-state index >= 15 is 0 Å². The second-order valence-corrected chi connectivity index (χ2v) is 4.00. The molecule has 1 aromatic rings. The van der Waals surface area contributed by atoms with Crippen LogP contribution in [0.4, 0.5) is 0 Å². The number of phenolic OH excluding ortho intramolecular Hbond substituents is 1. The Kier molecular flexibility index (Phi) is 6.16. The third kappa shape index (κ3) is 3.86. The van der Waals surface area contributed by atoms with E-state index in [1.54, 1.807) is 12.1 Å². The van der Waals surface area contributed by atoms with Gasteiger partial charge in [-0.25, -0.2) is 0 Å². The van der Waals surface area contributed by atoms with Crippen LogP contribution in [-0.2, 0) is 6.42 Å². The lowest BCUT2D eigenvalue weighted by molar-refractivity contribution is 0.474. The Morgan fingerprint density at radius 1 is 1.50 bits per heavy atom. The minimum Gasteiger partial charge on any atom is -0.508 e. The predicted molar refractivity (Wildman–Crippen MR) is 65.0 cm³/mol. The molecule has 0 saturated carbocycles. The van der Waals surface area contributed by atoms with E-state index in [0.29, 0.717) is 5.75 Å². The van der Waals surface area contributed by atoms with Crippen molar-refractivity contribution >= 4 is 28.3 Å². The number of nitrogens with two attached hydrogens (primary N) is 1. The molecule has 0 fully saturated rings. The van der Waals surface area contributed by atoms with E-state index in [0.717, 1.165) is 22.9 Å². The van der Waals surface area contributed by atoms with E-state index in [1.165, 1.54) is 0 Å². The smallest absolute Gasteiger partial charge is 0.115 e. The van der Waals surface area contributed by atoms with Crippen molar-refractivity contribution in [2.75, 3.05) is 0 Å². The van der Waals surface area contributed by atoms with Crippen molar-refractivity contribution in [2.45, 2.75) is 25.8 Å². The monoisotopic (exact) mass is 279 g/mol. The summed E-state index contributed by atoms with van der Waals surface area (Å²) in [5, 5.41) is 9.26. The average molecular weight is 281 g/mol. The molecule has 1 rings (SSSR count). The van der Waals surface area contributed by atoms with Crippen molar-refractivity contribution < 1.29 is 5.11 Å². The first-order valence-electron chi connectivity index (χ1n) is 4.36. The van der Waals surface area contributed by atoms with Gasteiger partial charge in [-0.2, -0.15) is 0 Å². The molecule has 0 aliphatic heterocycles. The zero-order valence-corrected chi connectivity index (χ0v) is 10.4. The van der Waals surface area contributed by atoms with Crippen LogP contribution in [0.1, 0.15) is 18.9 Å². The topological polar surface area (TPSA) is 46.2 Å². The van der Waals surface area contributed by atoms with Gasteiger partial charge in [0.15, 0.2) is 0 Å². The SMILES string of the molecule is CCC(N)Cc1cc(O)ccc1Br.Cl. The van der Waals surface area contributed by atoms with Gasteiger partial charge < -0.3 is 10.8 Å². The van der Waals surface area contributed by atoms with Crippen LogP contribution in [0.25, 0.3) is 0 Å². The first-order valence-corrected chi connectivity index (χ1v) is 5.15. The van der Waals surface area contributed by atoms with Crippen LogP contribution in [0.5, 0.6) is 5.75 Å². The minimum absolute atomic E-state index is 0. The third-order valence-electron chi connectivity index (χ3n) is 2.04. The summed E-state index contributed by atoms with van der Waals surface area (Å²) >= 11 is 3.42. The highest BCUT2D eigenvalue weighted by atomic mass is 79.9. The van der Waals surface area contributed by atoms with Crippen molar-refractivity contribution in [2.24, 2.45) is 5.73 Å². The summed E-state index contributed by atoms with van der Waals surface area (Å²) in [6.07, 6.45) is 1.74. The molecule has 80 valence electrons. The molecule has 4 heteroatoms. The molecule has 0 bridgehead atoms. The van der Waals surface area contributed by atoms with Crippen molar-refractivity contribution in [1.82, 2.24) is 0 Å². The number of rotatable bonds is 3. The van der Waals surface area contributed by atoms with Crippen LogP contribution in [0.3, 0.4) is 0 Å². The lowest BCUT2D eigenvalue weighted by atomic mass is 10.0. The molecule has 2 nitrogen and oxygen atoms in total. The summed E-state index contributed by atoms with van der Waals surface area (Å²) in [6.45, 7) is 2.06. The lowest BCUT2D eigenvalue weighted by Gasteiger charge is -2.10. The number of hydrogen-bond donors (Lipinski definition) is 2. The predicted octanol–water partition coefficient (Wildman–Crippen LogP) is 2.86. The fourth-order valence-corrected chi connectivity index (χ4v) is 1.55. The maximum Gasteiger partial charge on any atom is 0.115 e. The van der Waals surface area contributed by atoms with Crippen molar-refractivity contribution in [3.05, 3.63) is 28.2 Å². The summed E-state index contributed by atoms with van der Waals surface area (Å²) in [6, 6.07) is 5.41. The molecule has 0 heterocycles. The van der Waals surface area contributed by atoms with Gasteiger partial charge in [0.05, 0.1) is 0 Å². The van der Waals surface area contributed by atoms with E-state index in [4.69, 9.17) is 5.73 Å². The van der Waals surface area contributed by atoms with Gasteiger partial charge in [-0.3, -0.25) is 0 Å². The molecule has 0 saturated heterocycles. The van der Waals surface area contributed by atoms with Gasteiger partial charge in [0.1, 0.15) is 5.75 Å². The van der Waals surface area contributed by atoms with E-state index in [1.807, 2.05) is 6.07 Å². The van der Waals surface area contributed by atoms with E-state index in [2.05, 4.69) is 22.9 Å². The fraction of sp³-hybridized carbons (Fsp3) is 0.400. The highest BCUT2D eigenvalue weighted by Gasteiger charge is 2.05. The highest BCUT2D eigenvalue weighted by molar-refractivity contribution is 9.10. The zero-order chi connectivity index (χ0) is 9.84. The molecule has 1 unspecified atom stereocenters. The molecular formula is C10H15BrClNO. The van der Waals surface area contributed by atoms with Crippen LogP contribution in [0.15, 0.2) is 22.7 Å². The van der Waals surface area contributed by atoms with E-state index in [9.17, 15) is 5.11 Å². The van der Waals surface area contributed by atoms with E-state index < -0.39 is 0 Å². The Hall–Kier alpha value is -0.250. The van der Waals surface area contributed by atoms with Gasteiger partial charge in [-0.1, -0.05) is 22.9 Å². The Balaban J connectivity index is 0.00000169. The summed E-state index contributed by atoms with van der Waals surface area (Å²) in [5.74, 6) is 0.293. The highest BCUT2D eigenvalue weighted by Crippen LogP contribution is 2.22. The van der Waals surface area contributed by atoms with Gasteiger partial charge in [0.2, 0.25) is 0 Å². The summed E-state index contributed by atoms with van der Waals surface area (Å²) < 4.78 is 1.01. The van der Waals surface area contributed by atoms with E-state index in [-0.39, 0.29) is 18.4 Å². The molecule has 14 heavy (non-hydrogen) atoms. The molecule has 0 amide bonds. The Morgan fingerprint density at radius 3 is 2.71 bits per heavy atom. The molecule has 0 radical (unpaired) electrons. The fourth-order valence-electron chi connectivity index (χ4n) is 1.14. The summed E-state index contributed by atoms with van der Waals surface area (Å²) in [5.41, 5.74) is 6.89. The molecule has 3 N–H and O–H groups in total. The van der Waals surface area contributed by atoms with Crippen molar-refractivity contribution in [3.8, 4) is 5.75 Å². The molecule has 0 aromatic heterocycles. The molecule has 1 aromatic carbocycles. The van der Waals surface area contributed by atoms with Crippen molar-refractivity contribution in [1.29, 1.82) is 0 Å². The molecule has 0 spiro atoms. The van der Waals surface area contributed by atoms with Crippen LogP contribution in [0, 0.1) is 0 Å². The lowest BCUT2D eigenvalue weighted by Crippen LogP contribution is -2.21. The van der Waals surface area contributed by atoms with Gasteiger partial charge in [0.25, 0.3) is 0 Å². The number of phenols is 1. The minimum atomic E-state index is 0. The van der Waals surface area contributed by atoms with Gasteiger partial charge in [0, 0.05) is 10.5 Å². The number of aromatic hydroxyl groups is 1. The Labute approximate surface area is 99.0 Å². The Morgan fingerprint density at radius 2 is 2.14 bits per heavy atom. The summed E-state index contributed by atoms with van der Waals surface area (Å²) in [4.78, 5) is 0. The molecule has 0 aliphatic rings. The average Bonchev–Trinajstić information content (AvgIpc) is 2.11. The normalized spacial score (nSPS) is 11.9. The van der Waals surface area contributed by atoms with Crippen LogP contribution >= 0.6 is 28.3 Å². The van der Waals surface area contributed by atoms with Crippen molar-refractivity contribution in [3.63, 3.8) is 0 Å². The molecule has 0 aliphatic carbocycles. The van der Waals surface area contributed by atoms with Gasteiger partial charge in [-0.15, -0.1) is 12.4 Å². The second kappa shape index (κ2) is 6.27. The number of hydrogen-bond acceptors (Lipinski definition) is 2. The molecule has 1 atom stereocenters. The Bertz CT molecular complexity index is 293. The first-order chi connectivity index (χ1) is 6.13.